The third-order valence-corrected chi connectivity index (χ3v) is 5.92. The quantitative estimate of drug-likeness (QED) is 0.456. The van der Waals surface area contributed by atoms with E-state index in [-0.39, 0.29) is 5.82 Å². The van der Waals surface area contributed by atoms with Gasteiger partial charge < -0.3 is 15.0 Å². The summed E-state index contributed by atoms with van der Waals surface area (Å²) >= 11 is 6.61. The number of aromatic nitrogens is 3. The average molecular weight is 452 g/mol. The van der Waals surface area contributed by atoms with E-state index in [1.54, 1.807) is 18.5 Å². The van der Waals surface area contributed by atoms with Crippen LogP contribution in [0.4, 0.5) is 10.3 Å². The summed E-state index contributed by atoms with van der Waals surface area (Å²) in [6.45, 7) is 1.70. The molecule has 4 aromatic rings. The summed E-state index contributed by atoms with van der Waals surface area (Å²) in [6, 6.07) is 9.18. The highest BCUT2D eigenvalue weighted by atomic mass is 35.5. The summed E-state index contributed by atoms with van der Waals surface area (Å²) in [5, 5.41) is 3.91. The molecule has 5 rings (SSSR count). The standard InChI is InChI=1S/C24H23ClFN5O/c1-30(2)14-15-3-4-16(20(25)11-15)19-13-29-24(31-9-8-27-23(19)31)28-12-18-17-7-10-32-22(17)6-5-21(18)26/h3-6,8-9,11,13H,7,10,12,14H2,1-2H3,(H,28,29). The molecular formula is C24H23ClFN5O. The highest BCUT2D eigenvalue weighted by Gasteiger charge is 2.20. The Morgan fingerprint density at radius 1 is 1.19 bits per heavy atom. The molecule has 6 nitrogen and oxygen atoms in total. The van der Waals surface area contributed by atoms with Crippen LogP contribution in [0.25, 0.3) is 16.8 Å². The van der Waals surface area contributed by atoms with Crippen molar-refractivity contribution in [3.63, 3.8) is 0 Å². The van der Waals surface area contributed by atoms with Gasteiger partial charge in [0.2, 0.25) is 5.95 Å². The fourth-order valence-electron chi connectivity index (χ4n) is 4.15. The third kappa shape index (κ3) is 3.78. The maximum atomic E-state index is 14.5. The van der Waals surface area contributed by atoms with E-state index in [0.29, 0.717) is 36.1 Å². The van der Waals surface area contributed by atoms with Crippen molar-refractivity contribution in [2.75, 3.05) is 26.0 Å². The van der Waals surface area contributed by atoms with Gasteiger partial charge in [0.15, 0.2) is 0 Å². The molecule has 0 unspecified atom stereocenters. The maximum Gasteiger partial charge on any atom is 0.208 e. The van der Waals surface area contributed by atoms with E-state index >= 15 is 0 Å². The summed E-state index contributed by atoms with van der Waals surface area (Å²) in [4.78, 5) is 11.2. The Morgan fingerprint density at radius 2 is 2.06 bits per heavy atom. The Morgan fingerprint density at radius 3 is 2.88 bits per heavy atom. The number of hydrogen-bond donors (Lipinski definition) is 1. The lowest BCUT2D eigenvalue weighted by atomic mass is 10.0. The molecular weight excluding hydrogens is 429 g/mol. The minimum atomic E-state index is -0.246. The topological polar surface area (TPSA) is 54.7 Å². The van der Waals surface area contributed by atoms with E-state index in [1.807, 2.05) is 36.8 Å². The molecule has 164 valence electrons. The molecule has 0 atom stereocenters. The highest BCUT2D eigenvalue weighted by molar-refractivity contribution is 6.33. The van der Waals surface area contributed by atoms with Crippen LogP contribution in [0.15, 0.2) is 48.9 Å². The number of fused-ring (bicyclic) bond motifs is 2. The predicted molar refractivity (Wildman–Crippen MR) is 124 cm³/mol. The van der Waals surface area contributed by atoms with E-state index in [2.05, 4.69) is 26.3 Å². The summed E-state index contributed by atoms with van der Waals surface area (Å²) < 4.78 is 21.9. The van der Waals surface area contributed by atoms with Crippen molar-refractivity contribution in [1.82, 2.24) is 19.3 Å². The van der Waals surface area contributed by atoms with Crippen LogP contribution in [-0.2, 0) is 19.5 Å². The summed E-state index contributed by atoms with van der Waals surface area (Å²) in [7, 11) is 4.04. The van der Waals surface area contributed by atoms with Crippen molar-refractivity contribution in [3.8, 4) is 16.9 Å². The summed E-state index contributed by atoms with van der Waals surface area (Å²) in [5.41, 5.74) is 5.09. The van der Waals surface area contributed by atoms with E-state index in [9.17, 15) is 4.39 Å². The number of rotatable bonds is 6. The van der Waals surface area contributed by atoms with Gasteiger partial charge in [-0.05, 0) is 37.9 Å². The molecule has 0 bridgehead atoms. The zero-order valence-electron chi connectivity index (χ0n) is 17.9. The molecule has 0 saturated heterocycles. The number of nitrogens with zero attached hydrogens (tertiary/aromatic N) is 4. The lowest BCUT2D eigenvalue weighted by Crippen LogP contribution is -2.10. The van der Waals surface area contributed by atoms with E-state index in [4.69, 9.17) is 16.3 Å². The van der Waals surface area contributed by atoms with Gasteiger partial charge in [-0.2, -0.15) is 0 Å². The second kappa shape index (κ2) is 8.41. The fourth-order valence-corrected chi connectivity index (χ4v) is 4.46. The van der Waals surface area contributed by atoms with Crippen LogP contribution < -0.4 is 10.1 Å². The molecule has 2 aromatic carbocycles. The van der Waals surface area contributed by atoms with E-state index < -0.39 is 0 Å². The summed E-state index contributed by atoms with van der Waals surface area (Å²) in [5.74, 6) is 1.09. The smallest absolute Gasteiger partial charge is 0.208 e. The van der Waals surface area contributed by atoms with Crippen molar-refractivity contribution in [2.45, 2.75) is 19.5 Å². The first kappa shape index (κ1) is 20.7. The Labute approximate surface area is 190 Å². The van der Waals surface area contributed by atoms with Gasteiger partial charge in [-0.15, -0.1) is 0 Å². The zero-order chi connectivity index (χ0) is 22.2. The Kier molecular flexibility index (Phi) is 5.45. The second-order valence-corrected chi connectivity index (χ2v) is 8.53. The van der Waals surface area contributed by atoms with Gasteiger partial charge in [0.05, 0.1) is 6.61 Å². The van der Waals surface area contributed by atoms with Crippen molar-refractivity contribution >= 4 is 23.2 Å². The molecule has 1 aliphatic rings. The maximum absolute atomic E-state index is 14.5. The molecule has 0 radical (unpaired) electrons. The predicted octanol–water partition coefficient (Wildman–Crippen LogP) is 4.80. The number of ether oxygens (including phenoxy) is 1. The molecule has 2 aromatic heterocycles. The number of halogens is 2. The first-order valence-electron chi connectivity index (χ1n) is 10.4. The monoisotopic (exact) mass is 451 g/mol. The number of imidazole rings is 1. The van der Waals surface area contributed by atoms with Gasteiger partial charge in [-0.3, -0.25) is 4.40 Å². The Bertz CT molecular complexity index is 1300. The lowest BCUT2D eigenvalue weighted by Gasteiger charge is -2.14. The minimum absolute atomic E-state index is 0.246. The fraction of sp³-hybridized carbons (Fsp3) is 0.250. The Hall–Kier alpha value is -3.16. The number of hydrogen-bond acceptors (Lipinski definition) is 5. The second-order valence-electron chi connectivity index (χ2n) is 8.12. The normalized spacial score (nSPS) is 12.9. The van der Waals surface area contributed by atoms with E-state index in [0.717, 1.165) is 40.2 Å². The SMILES string of the molecule is CN(C)Cc1ccc(-c2cnc(NCc3c(F)ccc4c3CCO4)n3ccnc23)c(Cl)c1. The average Bonchev–Trinajstić information content (AvgIpc) is 3.43. The first-order valence-corrected chi connectivity index (χ1v) is 10.8. The van der Waals surface area contributed by atoms with Crippen molar-refractivity contribution in [3.05, 3.63) is 76.5 Å². The van der Waals surface area contributed by atoms with E-state index in [1.165, 1.54) is 6.07 Å². The van der Waals surface area contributed by atoms with Crippen LogP contribution >= 0.6 is 11.6 Å². The zero-order valence-corrected chi connectivity index (χ0v) is 18.7. The molecule has 1 N–H and O–H groups in total. The van der Waals surface area contributed by atoms with Crippen LogP contribution in [0.5, 0.6) is 5.75 Å². The van der Waals surface area contributed by atoms with Crippen LogP contribution in [0.2, 0.25) is 5.02 Å². The molecule has 0 amide bonds. The van der Waals surface area contributed by atoms with Crippen molar-refractivity contribution < 1.29 is 9.13 Å². The van der Waals surface area contributed by atoms with Crippen LogP contribution in [0.1, 0.15) is 16.7 Å². The molecule has 0 spiro atoms. The Balaban J connectivity index is 1.46. The van der Waals surface area contributed by atoms with Gasteiger partial charge in [0.1, 0.15) is 17.2 Å². The van der Waals surface area contributed by atoms with Crippen LogP contribution in [0.3, 0.4) is 0 Å². The van der Waals surface area contributed by atoms with Crippen LogP contribution in [-0.4, -0.2) is 40.0 Å². The largest absolute Gasteiger partial charge is 0.493 e. The number of nitrogens with one attached hydrogen (secondary N) is 1. The molecule has 32 heavy (non-hydrogen) atoms. The lowest BCUT2D eigenvalue weighted by molar-refractivity contribution is 0.356. The first-order chi connectivity index (χ1) is 15.5. The molecule has 0 fully saturated rings. The molecule has 1 aliphatic heterocycles. The summed E-state index contributed by atoms with van der Waals surface area (Å²) in [6.07, 6.45) is 6.01. The minimum Gasteiger partial charge on any atom is -0.493 e. The van der Waals surface area contributed by atoms with Gasteiger partial charge in [0, 0.05) is 65.4 Å². The van der Waals surface area contributed by atoms with Gasteiger partial charge in [0.25, 0.3) is 0 Å². The molecule has 0 saturated carbocycles. The number of anilines is 1. The molecule has 8 heteroatoms. The van der Waals surface area contributed by atoms with Gasteiger partial charge in [-0.1, -0.05) is 23.7 Å². The third-order valence-electron chi connectivity index (χ3n) is 5.61. The van der Waals surface area contributed by atoms with Gasteiger partial charge >= 0.3 is 0 Å². The van der Waals surface area contributed by atoms with Gasteiger partial charge in [-0.25, -0.2) is 14.4 Å². The highest BCUT2D eigenvalue weighted by Crippen LogP contribution is 2.33. The number of benzene rings is 2. The van der Waals surface area contributed by atoms with Crippen molar-refractivity contribution in [2.24, 2.45) is 0 Å². The van der Waals surface area contributed by atoms with Crippen molar-refractivity contribution in [1.29, 1.82) is 0 Å². The molecule has 3 heterocycles. The molecule has 0 aliphatic carbocycles. The van der Waals surface area contributed by atoms with Crippen LogP contribution in [0, 0.1) is 5.82 Å².